The number of halogens is 5. The maximum atomic E-state index is 14.2. The van der Waals surface area contributed by atoms with Crippen molar-refractivity contribution in [1.82, 2.24) is 19.9 Å². The van der Waals surface area contributed by atoms with E-state index in [1.54, 1.807) is 6.92 Å². The van der Waals surface area contributed by atoms with Crippen LogP contribution in [0.5, 0.6) is 5.88 Å². The maximum absolute atomic E-state index is 14.2. The average Bonchev–Trinajstić information content (AvgIpc) is 2.96. The quantitative estimate of drug-likeness (QED) is 0.218. The lowest BCUT2D eigenvalue weighted by Gasteiger charge is -2.36. The second-order valence-electron chi connectivity index (χ2n) is 9.63. The Labute approximate surface area is 233 Å². The Bertz CT molecular complexity index is 1380. The number of ether oxygens (including phenoxy) is 1. The van der Waals surface area contributed by atoms with Gasteiger partial charge in [0.15, 0.2) is 5.96 Å². The van der Waals surface area contributed by atoms with Crippen molar-refractivity contribution in [2.24, 2.45) is 10.7 Å². The van der Waals surface area contributed by atoms with E-state index < -0.39 is 35.7 Å². The van der Waals surface area contributed by atoms with Crippen molar-refractivity contribution in [3.05, 3.63) is 77.0 Å². The molecule has 1 saturated heterocycles. The number of guanidine groups is 1. The van der Waals surface area contributed by atoms with Gasteiger partial charge < -0.3 is 25.8 Å². The first-order valence-electron chi connectivity index (χ1n) is 12.8. The van der Waals surface area contributed by atoms with Gasteiger partial charge in [0.25, 0.3) is 0 Å². The van der Waals surface area contributed by atoms with Crippen LogP contribution in [-0.4, -0.2) is 64.2 Å². The molecule has 0 saturated carbocycles. The lowest BCUT2D eigenvalue weighted by molar-refractivity contribution is -0.141. The number of nitrogens with two attached hydrogens (primary N) is 1. The largest absolute Gasteiger partial charge is 0.474 e. The summed E-state index contributed by atoms with van der Waals surface area (Å²) in [7, 11) is 1.51. The molecule has 9 nitrogen and oxygen atoms in total. The monoisotopic (exact) mass is 579 g/mol. The molecule has 0 radical (unpaired) electrons. The molecule has 3 aromatic rings. The first kappa shape index (κ1) is 30.1. The number of aromatic nitrogens is 3. The molecule has 41 heavy (non-hydrogen) atoms. The number of aryl methyl sites for hydroxylation is 1. The van der Waals surface area contributed by atoms with Crippen LogP contribution < -0.4 is 15.8 Å². The summed E-state index contributed by atoms with van der Waals surface area (Å²) in [5.74, 6) is -1.21. The summed E-state index contributed by atoms with van der Waals surface area (Å²) in [5.41, 5.74) is 3.52. The van der Waals surface area contributed by atoms with Crippen molar-refractivity contribution in [1.29, 1.82) is 0 Å². The minimum atomic E-state index is -4.66. The highest BCUT2D eigenvalue weighted by molar-refractivity contribution is 5.93. The van der Waals surface area contributed by atoms with Crippen LogP contribution in [0, 0.1) is 18.6 Å². The van der Waals surface area contributed by atoms with E-state index in [4.69, 9.17) is 10.5 Å². The smallest absolute Gasteiger partial charge is 0.433 e. The third-order valence-electron chi connectivity index (χ3n) is 6.84. The first-order valence-corrected chi connectivity index (χ1v) is 12.8. The topological polar surface area (TPSA) is 122 Å². The highest BCUT2D eigenvalue weighted by atomic mass is 19.4. The lowest BCUT2D eigenvalue weighted by Crippen LogP contribution is -2.44. The van der Waals surface area contributed by atoms with Gasteiger partial charge in [0.1, 0.15) is 41.0 Å². The van der Waals surface area contributed by atoms with Crippen molar-refractivity contribution in [2.75, 3.05) is 38.6 Å². The zero-order chi connectivity index (χ0) is 29.8. The summed E-state index contributed by atoms with van der Waals surface area (Å²) in [6, 6.07) is 6.80. The van der Waals surface area contributed by atoms with Gasteiger partial charge in [0.05, 0.1) is 5.69 Å². The van der Waals surface area contributed by atoms with Crippen molar-refractivity contribution in [2.45, 2.75) is 37.5 Å². The molecule has 1 aliphatic rings. The number of hydrogen-bond acceptors (Lipinski definition) is 7. The van der Waals surface area contributed by atoms with E-state index in [-0.39, 0.29) is 24.0 Å². The molecule has 14 heteroatoms. The fourth-order valence-corrected chi connectivity index (χ4v) is 4.62. The summed E-state index contributed by atoms with van der Waals surface area (Å²) in [6.07, 6.45) is -2.12. The zero-order valence-corrected chi connectivity index (χ0v) is 22.4. The third-order valence-corrected chi connectivity index (χ3v) is 6.84. The van der Waals surface area contributed by atoms with Crippen molar-refractivity contribution in [3.63, 3.8) is 0 Å². The summed E-state index contributed by atoms with van der Waals surface area (Å²) < 4.78 is 73.0. The molecule has 0 aliphatic carbocycles. The molecule has 1 fully saturated rings. The van der Waals surface area contributed by atoms with Gasteiger partial charge in [-0.05, 0) is 38.0 Å². The van der Waals surface area contributed by atoms with Gasteiger partial charge in [-0.2, -0.15) is 13.2 Å². The molecule has 4 rings (SSSR count). The van der Waals surface area contributed by atoms with E-state index in [0.29, 0.717) is 49.0 Å². The predicted molar refractivity (Wildman–Crippen MR) is 141 cm³/mol. The number of pyridine rings is 1. The molecule has 2 aromatic heterocycles. The summed E-state index contributed by atoms with van der Waals surface area (Å²) in [4.78, 5) is 18.3. The maximum Gasteiger partial charge on any atom is 0.433 e. The van der Waals surface area contributed by atoms with Crippen molar-refractivity contribution < 1.29 is 31.8 Å². The summed E-state index contributed by atoms with van der Waals surface area (Å²) in [5, 5.41) is 14.2. The molecule has 1 aromatic carbocycles. The summed E-state index contributed by atoms with van der Waals surface area (Å²) >= 11 is 0. The summed E-state index contributed by atoms with van der Waals surface area (Å²) in [6.45, 7) is 1.79. The van der Waals surface area contributed by atoms with Crippen LogP contribution in [0.1, 0.15) is 41.5 Å². The van der Waals surface area contributed by atoms with E-state index in [1.807, 2.05) is 4.90 Å². The van der Waals surface area contributed by atoms with E-state index in [0.717, 1.165) is 24.3 Å². The van der Waals surface area contributed by atoms with Crippen LogP contribution in [0.2, 0.25) is 0 Å². The van der Waals surface area contributed by atoms with Gasteiger partial charge in [-0.15, -0.1) is 0 Å². The van der Waals surface area contributed by atoms with Crippen LogP contribution in [0.3, 0.4) is 0 Å². The van der Waals surface area contributed by atoms with E-state index in [2.05, 4.69) is 25.3 Å². The standard InChI is InChI=1S/C27H30F5N7O2/c1-16-35-13-18(26(40,14-33)15-41-22-8-4-7-21(37-22)27(30,31)32)23(36-16)17-9-11-39(12-10-17)25(34-2)38-24-19(28)5-3-6-20(24)29/h3-8,13,17,40H,9-12,14-15,33H2,1-2H3,(H,34,38). The van der Waals surface area contributed by atoms with Crippen LogP contribution in [0.25, 0.3) is 0 Å². The average molecular weight is 580 g/mol. The van der Waals surface area contributed by atoms with E-state index >= 15 is 0 Å². The number of piperidine rings is 1. The Kier molecular flexibility index (Phi) is 9.02. The Hall–Kier alpha value is -3.91. The van der Waals surface area contributed by atoms with Crippen LogP contribution in [-0.2, 0) is 11.8 Å². The number of benzene rings is 1. The molecular weight excluding hydrogens is 549 g/mol. The lowest BCUT2D eigenvalue weighted by atomic mass is 9.85. The van der Waals surface area contributed by atoms with Gasteiger partial charge in [-0.25, -0.2) is 23.7 Å². The Morgan fingerprint density at radius 3 is 2.39 bits per heavy atom. The normalized spacial score (nSPS) is 16.4. The third kappa shape index (κ3) is 6.88. The van der Waals surface area contributed by atoms with Crippen LogP contribution in [0.15, 0.2) is 47.6 Å². The first-order chi connectivity index (χ1) is 19.4. The van der Waals surface area contributed by atoms with Crippen molar-refractivity contribution in [3.8, 4) is 5.88 Å². The van der Waals surface area contributed by atoms with Gasteiger partial charge in [-0.1, -0.05) is 12.1 Å². The van der Waals surface area contributed by atoms with Gasteiger partial charge in [0, 0.05) is 50.4 Å². The van der Waals surface area contributed by atoms with Crippen molar-refractivity contribution >= 4 is 11.6 Å². The number of rotatable bonds is 7. The number of alkyl halides is 3. The number of likely N-dealkylation sites (tertiary alicyclic amines) is 1. The number of aliphatic imine (C=N–C) groups is 1. The van der Waals surface area contributed by atoms with E-state index in [1.165, 1.54) is 25.4 Å². The molecule has 1 unspecified atom stereocenters. The highest BCUT2D eigenvalue weighted by Gasteiger charge is 2.37. The number of para-hydroxylation sites is 1. The van der Waals surface area contributed by atoms with Gasteiger partial charge in [-0.3, -0.25) is 4.99 Å². The number of nitrogens with one attached hydrogen (secondary N) is 1. The zero-order valence-electron chi connectivity index (χ0n) is 22.4. The van der Waals surface area contributed by atoms with E-state index in [9.17, 15) is 27.1 Å². The Balaban J connectivity index is 1.51. The fourth-order valence-electron chi connectivity index (χ4n) is 4.62. The number of hydrogen-bond donors (Lipinski definition) is 3. The van der Waals surface area contributed by atoms with Gasteiger partial charge >= 0.3 is 6.18 Å². The molecule has 4 N–H and O–H groups in total. The Morgan fingerprint density at radius 2 is 1.78 bits per heavy atom. The fraction of sp³-hybridized carbons (Fsp3) is 0.407. The molecule has 220 valence electrons. The SMILES string of the molecule is CN=C(Nc1c(F)cccc1F)N1CCC(c2nc(C)ncc2C(O)(CN)COc2cccc(C(F)(F)F)n2)CC1. The van der Waals surface area contributed by atoms with Crippen LogP contribution in [0.4, 0.5) is 27.6 Å². The number of nitrogens with zero attached hydrogens (tertiary/aromatic N) is 5. The molecule has 0 spiro atoms. The van der Waals surface area contributed by atoms with Crippen LogP contribution >= 0.6 is 0 Å². The molecule has 3 heterocycles. The minimum absolute atomic E-state index is 0.156. The number of anilines is 1. The minimum Gasteiger partial charge on any atom is -0.474 e. The molecule has 1 aliphatic heterocycles. The molecular formula is C27H30F5N7O2. The second kappa shape index (κ2) is 12.3. The molecule has 1 atom stereocenters. The molecule has 0 amide bonds. The molecule has 0 bridgehead atoms. The highest BCUT2D eigenvalue weighted by Crippen LogP contribution is 2.35. The number of aliphatic hydroxyl groups is 1. The Morgan fingerprint density at radius 1 is 1.12 bits per heavy atom. The van der Waals surface area contributed by atoms with Gasteiger partial charge in [0.2, 0.25) is 5.88 Å². The second-order valence-corrected chi connectivity index (χ2v) is 9.63. The predicted octanol–water partition coefficient (Wildman–Crippen LogP) is 3.98.